The summed E-state index contributed by atoms with van der Waals surface area (Å²) in [7, 11) is 3.72. The van der Waals surface area contributed by atoms with E-state index in [1.165, 1.54) is 38.5 Å². The highest BCUT2D eigenvalue weighted by Crippen LogP contribution is 2.07. The molecule has 0 aromatic rings. The molecule has 0 aromatic heterocycles. The van der Waals surface area contributed by atoms with Gasteiger partial charge < -0.3 is 19.1 Å². The number of unbranched alkanes of at least 4 members (excludes halogenated alkanes) is 6. The van der Waals surface area contributed by atoms with E-state index in [0.29, 0.717) is 30.0 Å². The number of hydrogen-bond acceptors (Lipinski definition) is 4. The predicted molar refractivity (Wildman–Crippen MR) is 87.8 cm³/mol. The third-order valence-electron chi connectivity index (χ3n) is 3.75. The summed E-state index contributed by atoms with van der Waals surface area (Å²) >= 11 is 0. The van der Waals surface area contributed by atoms with Crippen LogP contribution in [-0.2, 0) is 9.53 Å². The number of aliphatic carboxylic acids is 1. The Balaban J connectivity index is 3.49. The van der Waals surface area contributed by atoms with Gasteiger partial charge in [-0.15, -0.1) is 0 Å². The van der Waals surface area contributed by atoms with Crippen LogP contribution in [0.3, 0.4) is 0 Å². The summed E-state index contributed by atoms with van der Waals surface area (Å²) in [5, 5.41) is 18.4. The van der Waals surface area contributed by atoms with Gasteiger partial charge in [-0.1, -0.05) is 45.4 Å². The Morgan fingerprint density at radius 1 is 1.05 bits per heavy atom. The monoisotopic (exact) mass is 314 g/mol. The molecule has 0 aliphatic heterocycles. The molecule has 0 saturated heterocycles. The van der Waals surface area contributed by atoms with Crippen LogP contribution in [0.5, 0.6) is 0 Å². The summed E-state index contributed by atoms with van der Waals surface area (Å²) < 4.78 is 5.80. The Kier molecular flexibility index (Phi) is 11.8. The van der Waals surface area contributed by atoms with Crippen molar-refractivity contribution in [2.45, 2.75) is 64.7 Å². The zero-order valence-electron chi connectivity index (χ0n) is 14.7. The number of nitrogens with one attached hydrogen (secondary N) is 1. The second-order valence-electron chi connectivity index (χ2n) is 6.69. The van der Waals surface area contributed by atoms with E-state index in [1.807, 2.05) is 14.1 Å². The summed E-state index contributed by atoms with van der Waals surface area (Å²) in [6.07, 6.45) is 10.0. The normalized spacial score (nSPS) is 11.4. The van der Waals surface area contributed by atoms with Crippen LogP contribution in [0.1, 0.15) is 64.7 Å². The number of carbonyl (C=O) groups excluding carboxylic acids is 1. The number of carboxylic acids is 1. The zero-order chi connectivity index (χ0) is 16.8. The number of quaternary nitrogens is 1. The van der Waals surface area contributed by atoms with Crippen molar-refractivity contribution in [2.75, 3.05) is 33.8 Å². The first-order chi connectivity index (χ1) is 10.4. The van der Waals surface area contributed by atoms with Crippen molar-refractivity contribution in [3.8, 4) is 0 Å². The van der Waals surface area contributed by atoms with Gasteiger partial charge in [0.1, 0.15) is 6.54 Å². The van der Waals surface area contributed by atoms with Crippen LogP contribution in [0.15, 0.2) is 0 Å². The van der Waals surface area contributed by atoms with Crippen LogP contribution in [0.2, 0.25) is 0 Å². The summed E-state index contributed by atoms with van der Waals surface area (Å²) in [5.41, 5.74) is 0. The lowest BCUT2D eigenvalue weighted by atomic mass is 10.1. The minimum Gasteiger partial charge on any atom is -0.544 e. The Labute approximate surface area is 135 Å². The molecule has 5 nitrogen and oxygen atoms in total. The minimum atomic E-state index is -1.03. The molecular weight excluding hydrogens is 280 g/mol. The molecule has 0 bridgehead atoms. The van der Waals surface area contributed by atoms with Gasteiger partial charge in [-0.2, -0.15) is 0 Å². The molecule has 0 aliphatic carbocycles. The molecular formula is C17H34N2O3. The highest BCUT2D eigenvalue weighted by Gasteiger charge is 2.15. The van der Waals surface area contributed by atoms with Crippen molar-refractivity contribution in [2.24, 2.45) is 0 Å². The average molecular weight is 314 g/mol. The first-order valence-electron chi connectivity index (χ1n) is 8.59. The maximum Gasteiger partial charge on any atom is 0.180 e. The van der Waals surface area contributed by atoms with E-state index in [-0.39, 0.29) is 6.54 Å². The van der Waals surface area contributed by atoms with Gasteiger partial charge in [0.2, 0.25) is 0 Å². The van der Waals surface area contributed by atoms with Crippen LogP contribution in [0.4, 0.5) is 0 Å². The molecule has 130 valence electrons. The number of ether oxygens (including phenoxy) is 1. The number of hydrogen-bond donors (Lipinski definition) is 1. The first kappa shape index (κ1) is 20.9. The highest BCUT2D eigenvalue weighted by atomic mass is 16.5. The van der Waals surface area contributed by atoms with Gasteiger partial charge in [0.25, 0.3) is 0 Å². The van der Waals surface area contributed by atoms with Crippen LogP contribution >= 0.6 is 0 Å². The maximum atomic E-state index is 10.6. The largest absolute Gasteiger partial charge is 0.544 e. The highest BCUT2D eigenvalue weighted by molar-refractivity contribution is 5.72. The summed E-state index contributed by atoms with van der Waals surface area (Å²) in [5.74, 6) is -0.713. The molecule has 0 amide bonds. The van der Waals surface area contributed by atoms with Crippen molar-refractivity contribution in [1.82, 2.24) is 0 Å². The fourth-order valence-electron chi connectivity index (χ4n) is 2.42. The van der Waals surface area contributed by atoms with E-state index < -0.39 is 5.97 Å². The lowest BCUT2D eigenvalue weighted by molar-refractivity contribution is -0.884. The second-order valence-corrected chi connectivity index (χ2v) is 6.69. The van der Waals surface area contributed by atoms with Gasteiger partial charge >= 0.3 is 0 Å². The number of nitrogens with zero attached hydrogens (tertiary/aromatic N) is 1. The molecule has 0 heterocycles. The predicted octanol–water partition coefficient (Wildman–Crippen LogP) is 2.34. The van der Waals surface area contributed by atoms with E-state index in [1.54, 1.807) is 0 Å². The molecule has 0 spiro atoms. The molecule has 0 aliphatic rings. The fraction of sp³-hybridized carbons (Fsp3) is 0.882. The van der Waals surface area contributed by atoms with Gasteiger partial charge in [-0.3, -0.25) is 5.41 Å². The average Bonchev–Trinajstić information content (AvgIpc) is 2.40. The topological polar surface area (TPSA) is 73.2 Å². The summed E-state index contributed by atoms with van der Waals surface area (Å²) in [4.78, 5) is 10.6. The third-order valence-corrected chi connectivity index (χ3v) is 3.75. The Hall–Kier alpha value is -1.10. The lowest BCUT2D eigenvalue weighted by Crippen LogP contribution is -2.48. The molecule has 0 saturated carbocycles. The van der Waals surface area contributed by atoms with Crippen molar-refractivity contribution in [3.63, 3.8) is 0 Å². The number of carboxylic acid groups (broad SMARTS) is 1. The molecule has 1 N–H and O–H groups in total. The summed E-state index contributed by atoms with van der Waals surface area (Å²) in [6, 6.07) is 0. The van der Waals surface area contributed by atoms with Crippen LogP contribution < -0.4 is 5.11 Å². The Morgan fingerprint density at radius 3 is 2.23 bits per heavy atom. The van der Waals surface area contributed by atoms with Crippen molar-refractivity contribution in [3.05, 3.63) is 0 Å². The van der Waals surface area contributed by atoms with E-state index in [4.69, 9.17) is 10.1 Å². The first-order valence-corrected chi connectivity index (χ1v) is 8.59. The standard InChI is InChI=1S/C17H34N2O3/c1-4-5-6-7-8-9-10-14-22-16(18)12-11-13-19(2,3)15-17(20)21/h18H,4-15H2,1-3H3. The Bertz CT molecular complexity index is 317. The van der Waals surface area contributed by atoms with Crippen molar-refractivity contribution < 1.29 is 19.1 Å². The van der Waals surface area contributed by atoms with E-state index in [2.05, 4.69) is 6.92 Å². The number of likely N-dealkylation sites (N-methyl/N-ethyl adjacent to an activating group) is 1. The number of rotatable bonds is 14. The number of carbonyl (C=O) groups is 1. The molecule has 0 aromatic carbocycles. The van der Waals surface area contributed by atoms with Gasteiger partial charge in [-0.25, -0.2) is 0 Å². The maximum absolute atomic E-state index is 10.6. The molecule has 0 radical (unpaired) electrons. The molecule has 0 fully saturated rings. The fourth-order valence-corrected chi connectivity index (χ4v) is 2.42. The van der Waals surface area contributed by atoms with Gasteiger partial charge in [0, 0.05) is 12.8 Å². The zero-order valence-corrected chi connectivity index (χ0v) is 14.7. The van der Waals surface area contributed by atoms with Gasteiger partial charge in [0.15, 0.2) is 5.90 Å². The molecule has 0 atom stereocenters. The van der Waals surface area contributed by atoms with E-state index >= 15 is 0 Å². The van der Waals surface area contributed by atoms with Crippen LogP contribution in [0.25, 0.3) is 0 Å². The molecule has 0 unspecified atom stereocenters. The quantitative estimate of drug-likeness (QED) is 0.231. The van der Waals surface area contributed by atoms with Crippen LogP contribution in [0, 0.1) is 5.41 Å². The summed E-state index contributed by atoms with van der Waals surface area (Å²) in [6.45, 7) is 3.56. The third kappa shape index (κ3) is 13.9. The smallest absolute Gasteiger partial charge is 0.180 e. The SMILES string of the molecule is CCCCCCCCCOC(=N)CCC[N+](C)(C)CC(=O)[O-]. The van der Waals surface area contributed by atoms with E-state index in [0.717, 1.165) is 12.8 Å². The van der Waals surface area contributed by atoms with Gasteiger partial charge in [-0.05, 0) is 6.42 Å². The van der Waals surface area contributed by atoms with Crippen LogP contribution in [-0.4, -0.2) is 50.1 Å². The molecule has 22 heavy (non-hydrogen) atoms. The Morgan fingerprint density at radius 2 is 1.64 bits per heavy atom. The molecule has 0 rings (SSSR count). The lowest BCUT2D eigenvalue weighted by Gasteiger charge is -2.30. The van der Waals surface area contributed by atoms with E-state index in [9.17, 15) is 9.90 Å². The van der Waals surface area contributed by atoms with Crippen molar-refractivity contribution >= 4 is 11.9 Å². The minimum absolute atomic E-state index is 0.00617. The van der Waals surface area contributed by atoms with Crippen molar-refractivity contribution in [1.29, 1.82) is 5.41 Å². The van der Waals surface area contributed by atoms with Gasteiger partial charge in [0.05, 0.1) is 33.2 Å². The second kappa shape index (κ2) is 12.4. The molecule has 5 heteroatoms.